The van der Waals surface area contributed by atoms with E-state index in [1.54, 1.807) is 0 Å². The fourth-order valence-electron chi connectivity index (χ4n) is 2.41. The van der Waals surface area contributed by atoms with Crippen LogP contribution in [0.4, 0.5) is 0 Å². The number of hydrogen-bond acceptors (Lipinski definition) is 2. The molecule has 1 aliphatic rings. The summed E-state index contributed by atoms with van der Waals surface area (Å²) in [5.41, 5.74) is 1.08. The van der Waals surface area contributed by atoms with Crippen molar-refractivity contribution >= 4 is 23.1 Å². The van der Waals surface area contributed by atoms with E-state index < -0.39 is 0 Å². The van der Waals surface area contributed by atoms with Crippen LogP contribution in [0, 0.1) is 0 Å². The minimum Gasteiger partial charge on any atom is -0.369 e. The van der Waals surface area contributed by atoms with E-state index in [2.05, 4.69) is 10.6 Å². The summed E-state index contributed by atoms with van der Waals surface area (Å²) in [4.78, 5) is 12.3. The van der Waals surface area contributed by atoms with E-state index in [1.165, 1.54) is 12.8 Å². The number of thiocarbonyl (C=S) groups is 1. The number of carbonyl (C=O) groups excluding carboxylic acids is 1. The Labute approximate surface area is 119 Å². The zero-order valence-corrected chi connectivity index (χ0v) is 12.0. The van der Waals surface area contributed by atoms with Gasteiger partial charge >= 0.3 is 0 Å². The average Bonchev–Trinajstić information content (AvgIpc) is 2.92. The van der Waals surface area contributed by atoms with Crippen LogP contribution >= 0.6 is 12.2 Å². The van der Waals surface area contributed by atoms with Crippen molar-refractivity contribution in [1.82, 2.24) is 10.6 Å². The summed E-state index contributed by atoms with van der Waals surface area (Å²) in [6.07, 6.45) is 4.67. The van der Waals surface area contributed by atoms with Crippen LogP contribution in [0.5, 0.6) is 0 Å². The molecule has 102 valence electrons. The average molecular weight is 276 g/mol. The predicted octanol–water partition coefficient (Wildman–Crippen LogP) is 2.72. The van der Waals surface area contributed by atoms with Crippen LogP contribution in [-0.4, -0.2) is 16.9 Å². The summed E-state index contributed by atoms with van der Waals surface area (Å²) in [6, 6.07) is 10.2. The van der Waals surface area contributed by atoms with E-state index in [0.717, 1.165) is 18.4 Å². The number of rotatable bonds is 3. The molecule has 1 atom stereocenters. The molecule has 3 nitrogen and oxygen atoms in total. The highest BCUT2D eigenvalue weighted by atomic mass is 32.1. The number of benzene rings is 1. The molecule has 4 heteroatoms. The molecule has 1 saturated carbocycles. The van der Waals surface area contributed by atoms with E-state index in [4.69, 9.17) is 12.2 Å². The Morgan fingerprint density at radius 3 is 2.53 bits per heavy atom. The SMILES string of the molecule is C[C@H](NC(=O)C(=S)NC1CCCC1)c1ccccc1. The third-order valence-electron chi connectivity index (χ3n) is 3.54. The van der Waals surface area contributed by atoms with Gasteiger partial charge in [-0.15, -0.1) is 0 Å². The smallest absolute Gasteiger partial charge is 0.279 e. The monoisotopic (exact) mass is 276 g/mol. The fourth-order valence-corrected chi connectivity index (χ4v) is 2.63. The van der Waals surface area contributed by atoms with Crippen LogP contribution in [0.25, 0.3) is 0 Å². The maximum Gasteiger partial charge on any atom is 0.279 e. The van der Waals surface area contributed by atoms with Crippen molar-refractivity contribution in [2.75, 3.05) is 0 Å². The maximum atomic E-state index is 12.0. The molecule has 1 aliphatic carbocycles. The van der Waals surface area contributed by atoms with Gasteiger partial charge in [-0.25, -0.2) is 0 Å². The molecule has 1 aromatic carbocycles. The molecule has 2 N–H and O–H groups in total. The lowest BCUT2D eigenvalue weighted by atomic mass is 10.1. The highest BCUT2D eigenvalue weighted by Gasteiger charge is 2.19. The second-order valence-corrected chi connectivity index (χ2v) is 5.47. The van der Waals surface area contributed by atoms with Gasteiger partial charge in [0.2, 0.25) is 0 Å². The summed E-state index contributed by atoms with van der Waals surface area (Å²) in [7, 11) is 0. The molecule has 1 amide bonds. The van der Waals surface area contributed by atoms with Crippen LogP contribution in [0.3, 0.4) is 0 Å². The maximum absolute atomic E-state index is 12.0. The van der Waals surface area contributed by atoms with E-state index in [-0.39, 0.29) is 11.9 Å². The number of nitrogens with one attached hydrogen (secondary N) is 2. The van der Waals surface area contributed by atoms with Gasteiger partial charge in [0.1, 0.15) is 0 Å². The Hall–Kier alpha value is -1.42. The first kappa shape index (κ1) is 14.0. The van der Waals surface area contributed by atoms with Crippen LogP contribution in [-0.2, 0) is 4.79 Å². The van der Waals surface area contributed by atoms with Crippen molar-refractivity contribution in [1.29, 1.82) is 0 Å². The Morgan fingerprint density at radius 2 is 1.89 bits per heavy atom. The Kier molecular flexibility index (Phi) is 4.91. The van der Waals surface area contributed by atoms with Crippen molar-refractivity contribution in [2.24, 2.45) is 0 Å². The molecule has 0 radical (unpaired) electrons. The standard InChI is InChI=1S/C15H20N2OS/c1-11(12-7-3-2-4-8-12)16-14(18)15(19)17-13-9-5-6-10-13/h2-4,7-8,11,13H,5-6,9-10H2,1H3,(H,16,18)(H,17,19)/t11-/m0/s1. The first-order valence-corrected chi connectivity index (χ1v) is 7.24. The van der Waals surface area contributed by atoms with Crippen molar-refractivity contribution < 1.29 is 4.79 Å². The first-order chi connectivity index (χ1) is 9.16. The highest BCUT2D eigenvalue weighted by molar-refractivity contribution is 7.82. The summed E-state index contributed by atoms with van der Waals surface area (Å²) in [6.45, 7) is 1.96. The van der Waals surface area contributed by atoms with Crippen molar-refractivity contribution in [2.45, 2.75) is 44.7 Å². The minimum absolute atomic E-state index is 0.0305. The summed E-state index contributed by atoms with van der Waals surface area (Å²) < 4.78 is 0. The third-order valence-corrected chi connectivity index (χ3v) is 3.85. The molecule has 0 heterocycles. The molecule has 2 rings (SSSR count). The molecule has 0 bridgehead atoms. The van der Waals surface area contributed by atoms with Gasteiger partial charge in [0.15, 0.2) is 4.99 Å². The Morgan fingerprint density at radius 1 is 1.26 bits per heavy atom. The number of amides is 1. The Bertz CT molecular complexity index is 441. The van der Waals surface area contributed by atoms with Crippen LogP contribution < -0.4 is 10.6 Å². The second kappa shape index (κ2) is 6.66. The Balaban J connectivity index is 1.84. The zero-order valence-electron chi connectivity index (χ0n) is 11.2. The molecule has 0 spiro atoms. The van der Waals surface area contributed by atoms with Gasteiger partial charge in [-0.3, -0.25) is 4.79 Å². The van der Waals surface area contributed by atoms with Gasteiger partial charge in [-0.05, 0) is 25.3 Å². The molecule has 0 saturated heterocycles. The fraction of sp³-hybridized carbons (Fsp3) is 0.467. The second-order valence-electron chi connectivity index (χ2n) is 5.06. The van der Waals surface area contributed by atoms with Gasteiger partial charge in [-0.1, -0.05) is 55.4 Å². The van der Waals surface area contributed by atoms with E-state index >= 15 is 0 Å². The summed E-state index contributed by atoms with van der Waals surface area (Å²) >= 11 is 5.16. The number of hydrogen-bond donors (Lipinski definition) is 2. The molecule has 0 aliphatic heterocycles. The van der Waals surface area contributed by atoms with Gasteiger partial charge in [0, 0.05) is 6.04 Å². The van der Waals surface area contributed by atoms with E-state index in [0.29, 0.717) is 11.0 Å². The minimum atomic E-state index is -0.182. The molecule has 0 unspecified atom stereocenters. The van der Waals surface area contributed by atoms with Crippen LogP contribution in [0.15, 0.2) is 30.3 Å². The van der Waals surface area contributed by atoms with E-state index in [9.17, 15) is 4.79 Å². The lowest BCUT2D eigenvalue weighted by Crippen LogP contribution is -2.43. The normalized spacial score (nSPS) is 16.9. The van der Waals surface area contributed by atoms with Crippen LogP contribution in [0.1, 0.15) is 44.2 Å². The van der Waals surface area contributed by atoms with Crippen molar-refractivity contribution in [3.63, 3.8) is 0 Å². The predicted molar refractivity (Wildman–Crippen MR) is 81.0 cm³/mol. The largest absolute Gasteiger partial charge is 0.369 e. The number of carbonyl (C=O) groups is 1. The van der Waals surface area contributed by atoms with E-state index in [1.807, 2.05) is 37.3 Å². The van der Waals surface area contributed by atoms with Gasteiger partial charge in [0.25, 0.3) is 5.91 Å². The molecule has 1 fully saturated rings. The highest BCUT2D eigenvalue weighted by Crippen LogP contribution is 2.17. The van der Waals surface area contributed by atoms with Gasteiger partial charge < -0.3 is 10.6 Å². The molecule has 0 aromatic heterocycles. The van der Waals surface area contributed by atoms with Crippen molar-refractivity contribution in [3.05, 3.63) is 35.9 Å². The zero-order chi connectivity index (χ0) is 13.7. The topological polar surface area (TPSA) is 41.1 Å². The van der Waals surface area contributed by atoms with Gasteiger partial charge in [-0.2, -0.15) is 0 Å². The molecular weight excluding hydrogens is 256 g/mol. The molecular formula is C15H20N2OS. The lowest BCUT2D eigenvalue weighted by molar-refractivity contribution is -0.115. The van der Waals surface area contributed by atoms with Crippen LogP contribution in [0.2, 0.25) is 0 Å². The van der Waals surface area contributed by atoms with Gasteiger partial charge in [0.05, 0.1) is 6.04 Å². The molecule has 19 heavy (non-hydrogen) atoms. The summed E-state index contributed by atoms with van der Waals surface area (Å²) in [5, 5.41) is 6.08. The quantitative estimate of drug-likeness (QED) is 0.834. The molecule has 1 aromatic rings. The first-order valence-electron chi connectivity index (χ1n) is 6.83. The van der Waals surface area contributed by atoms with Crippen molar-refractivity contribution in [3.8, 4) is 0 Å². The summed E-state index contributed by atoms with van der Waals surface area (Å²) in [5.74, 6) is -0.182. The lowest BCUT2D eigenvalue weighted by Gasteiger charge is -2.17. The third kappa shape index (κ3) is 4.03.